The van der Waals surface area contributed by atoms with Gasteiger partial charge in [0.15, 0.2) is 0 Å². The van der Waals surface area contributed by atoms with Crippen LogP contribution in [0.1, 0.15) is 16.7 Å². The molecule has 1 heterocycles. The van der Waals surface area contributed by atoms with Gasteiger partial charge in [-0.25, -0.2) is 9.36 Å². The Morgan fingerprint density at radius 3 is 2.45 bits per heavy atom. The number of aryl methyl sites for hydroxylation is 2. The molecule has 0 bridgehead atoms. The number of hydrogen-bond acceptors (Lipinski definition) is 6. The van der Waals surface area contributed by atoms with Crippen LogP contribution < -0.4 is 20.7 Å². The molecule has 0 radical (unpaired) electrons. The van der Waals surface area contributed by atoms with Gasteiger partial charge in [0, 0.05) is 12.3 Å². The average molecular weight is 395 g/mol. The molecule has 0 unspecified atom stereocenters. The van der Waals surface area contributed by atoms with Crippen LogP contribution in [0.2, 0.25) is 0 Å². The molecule has 0 atom stereocenters. The number of benzene rings is 2. The van der Waals surface area contributed by atoms with Gasteiger partial charge in [-0.3, -0.25) is 14.8 Å². The molecule has 2 N–H and O–H groups in total. The zero-order valence-electron chi connectivity index (χ0n) is 16.5. The van der Waals surface area contributed by atoms with Crippen LogP contribution in [0.3, 0.4) is 0 Å². The summed E-state index contributed by atoms with van der Waals surface area (Å²) in [5, 5.41) is 10.7. The SMILES string of the molecule is COc1ccc(OC)c(N=Cc2c(O)n(-c3ccc(C)c(C)c3)c(=O)[nH]c2=O)c1. The first-order valence-electron chi connectivity index (χ1n) is 8.77. The molecule has 0 aliphatic rings. The van der Waals surface area contributed by atoms with Crippen molar-refractivity contribution in [1.29, 1.82) is 0 Å². The highest BCUT2D eigenvalue weighted by Crippen LogP contribution is 2.31. The van der Waals surface area contributed by atoms with Crippen molar-refractivity contribution in [3.63, 3.8) is 0 Å². The number of methoxy groups -OCH3 is 2. The summed E-state index contributed by atoms with van der Waals surface area (Å²) in [4.78, 5) is 31.1. The maximum absolute atomic E-state index is 12.3. The molecular formula is C21H21N3O5. The van der Waals surface area contributed by atoms with Gasteiger partial charge in [-0.15, -0.1) is 0 Å². The number of aromatic nitrogens is 2. The van der Waals surface area contributed by atoms with Gasteiger partial charge in [-0.2, -0.15) is 0 Å². The van der Waals surface area contributed by atoms with Crippen LogP contribution in [0, 0.1) is 13.8 Å². The molecule has 0 saturated carbocycles. The number of aromatic amines is 1. The molecule has 2 aromatic carbocycles. The Morgan fingerprint density at radius 1 is 1.03 bits per heavy atom. The lowest BCUT2D eigenvalue weighted by Crippen LogP contribution is -2.31. The van der Waals surface area contributed by atoms with Crippen molar-refractivity contribution in [3.8, 4) is 23.1 Å². The van der Waals surface area contributed by atoms with Crippen molar-refractivity contribution in [2.24, 2.45) is 4.99 Å². The minimum atomic E-state index is -0.752. The van der Waals surface area contributed by atoms with E-state index < -0.39 is 17.1 Å². The first kappa shape index (κ1) is 19.9. The summed E-state index contributed by atoms with van der Waals surface area (Å²) < 4.78 is 11.5. The number of nitrogens with zero attached hydrogens (tertiary/aromatic N) is 2. The molecule has 8 heteroatoms. The molecule has 3 rings (SSSR count). The van der Waals surface area contributed by atoms with Gasteiger partial charge in [0.25, 0.3) is 5.56 Å². The molecule has 0 fully saturated rings. The minimum Gasteiger partial charge on any atom is -0.497 e. The van der Waals surface area contributed by atoms with Crippen LogP contribution in [0.4, 0.5) is 5.69 Å². The number of aliphatic imine (C=N–C) groups is 1. The quantitative estimate of drug-likeness (QED) is 0.646. The molecular weight excluding hydrogens is 374 g/mol. The Labute approximate surface area is 166 Å². The largest absolute Gasteiger partial charge is 0.497 e. The summed E-state index contributed by atoms with van der Waals surface area (Å²) in [7, 11) is 3.01. The van der Waals surface area contributed by atoms with Crippen molar-refractivity contribution in [3.05, 3.63) is 73.9 Å². The minimum absolute atomic E-state index is 0.160. The fourth-order valence-electron chi connectivity index (χ4n) is 2.79. The number of aromatic hydroxyl groups is 1. The van der Waals surface area contributed by atoms with Crippen LogP contribution in [-0.4, -0.2) is 35.1 Å². The Hall–Kier alpha value is -3.81. The maximum Gasteiger partial charge on any atom is 0.335 e. The van der Waals surface area contributed by atoms with Crippen LogP contribution in [0.5, 0.6) is 17.4 Å². The summed E-state index contributed by atoms with van der Waals surface area (Å²) in [5.41, 5.74) is 1.15. The predicted molar refractivity (Wildman–Crippen MR) is 111 cm³/mol. The van der Waals surface area contributed by atoms with Crippen molar-refractivity contribution >= 4 is 11.9 Å². The van der Waals surface area contributed by atoms with Gasteiger partial charge >= 0.3 is 5.69 Å². The van der Waals surface area contributed by atoms with Gasteiger partial charge in [-0.1, -0.05) is 6.07 Å². The first-order chi connectivity index (χ1) is 13.8. The van der Waals surface area contributed by atoms with Crippen molar-refractivity contribution < 1.29 is 14.6 Å². The second-order valence-electron chi connectivity index (χ2n) is 6.40. The van der Waals surface area contributed by atoms with E-state index in [2.05, 4.69) is 9.98 Å². The standard InChI is InChI=1S/C21H21N3O5/c1-12-5-6-14(9-13(12)2)24-20(26)16(19(25)23-21(24)27)11-22-17-10-15(28-3)7-8-18(17)29-4/h5-11,26H,1-4H3,(H,23,25,27). The van der Waals surface area contributed by atoms with E-state index in [1.807, 2.05) is 19.9 Å². The lowest BCUT2D eigenvalue weighted by molar-refractivity contribution is 0.404. The van der Waals surface area contributed by atoms with E-state index in [1.165, 1.54) is 20.4 Å². The second kappa shape index (κ2) is 8.05. The fraction of sp³-hybridized carbons (Fsp3) is 0.190. The number of ether oxygens (including phenoxy) is 2. The smallest absolute Gasteiger partial charge is 0.335 e. The van der Waals surface area contributed by atoms with E-state index in [0.717, 1.165) is 15.7 Å². The van der Waals surface area contributed by atoms with E-state index in [0.29, 0.717) is 22.9 Å². The summed E-state index contributed by atoms with van der Waals surface area (Å²) in [6.07, 6.45) is 1.18. The van der Waals surface area contributed by atoms with Gasteiger partial charge < -0.3 is 14.6 Å². The molecule has 1 aromatic heterocycles. The van der Waals surface area contributed by atoms with E-state index in [1.54, 1.807) is 30.3 Å². The first-order valence-corrected chi connectivity index (χ1v) is 8.77. The molecule has 0 aliphatic carbocycles. The number of rotatable bonds is 5. The predicted octanol–water partition coefficient (Wildman–Crippen LogP) is 2.62. The van der Waals surface area contributed by atoms with E-state index in [4.69, 9.17) is 9.47 Å². The lowest BCUT2D eigenvalue weighted by atomic mass is 10.1. The molecule has 3 aromatic rings. The molecule has 29 heavy (non-hydrogen) atoms. The number of nitrogens with one attached hydrogen (secondary N) is 1. The topological polar surface area (TPSA) is 106 Å². The molecule has 0 spiro atoms. The second-order valence-corrected chi connectivity index (χ2v) is 6.40. The highest BCUT2D eigenvalue weighted by molar-refractivity contribution is 5.85. The molecule has 0 aliphatic heterocycles. The van der Waals surface area contributed by atoms with Crippen LogP contribution in [-0.2, 0) is 0 Å². The van der Waals surface area contributed by atoms with Crippen molar-refractivity contribution in [2.75, 3.05) is 14.2 Å². The van der Waals surface area contributed by atoms with Gasteiger partial charge in [0.2, 0.25) is 5.88 Å². The maximum atomic E-state index is 12.3. The summed E-state index contributed by atoms with van der Waals surface area (Å²) in [6.45, 7) is 3.83. The van der Waals surface area contributed by atoms with Gasteiger partial charge in [0.1, 0.15) is 22.7 Å². The van der Waals surface area contributed by atoms with Gasteiger partial charge in [0.05, 0.1) is 19.9 Å². The zero-order chi connectivity index (χ0) is 21.1. The lowest BCUT2D eigenvalue weighted by Gasteiger charge is -2.11. The van der Waals surface area contributed by atoms with E-state index >= 15 is 0 Å². The highest BCUT2D eigenvalue weighted by atomic mass is 16.5. The summed E-state index contributed by atoms with van der Waals surface area (Å²) >= 11 is 0. The molecule has 0 saturated heterocycles. The third kappa shape index (κ3) is 3.91. The highest BCUT2D eigenvalue weighted by Gasteiger charge is 2.15. The molecule has 150 valence electrons. The number of hydrogen-bond donors (Lipinski definition) is 2. The van der Waals surface area contributed by atoms with Crippen LogP contribution in [0.25, 0.3) is 5.69 Å². The molecule has 0 amide bonds. The van der Waals surface area contributed by atoms with Crippen molar-refractivity contribution in [1.82, 2.24) is 9.55 Å². The average Bonchev–Trinajstić information content (AvgIpc) is 2.70. The fourth-order valence-corrected chi connectivity index (χ4v) is 2.79. The Morgan fingerprint density at radius 2 is 1.79 bits per heavy atom. The third-order valence-corrected chi connectivity index (χ3v) is 4.59. The molecule has 8 nitrogen and oxygen atoms in total. The summed E-state index contributed by atoms with van der Waals surface area (Å²) in [5.74, 6) is 0.504. The zero-order valence-corrected chi connectivity index (χ0v) is 16.5. The Bertz CT molecular complexity index is 1210. The van der Waals surface area contributed by atoms with Crippen LogP contribution in [0.15, 0.2) is 51.0 Å². The normalized spacial score (nSPS) is 11.0. The third-order valence-electron chi connectivity index (χ3n) is 4.59. The van der Waals surface area contributed by atoms with E-state index in [9.17, 15) is 14.7 Å². The van der Waals surface area contributed by atoms with Gasteiger partial charge in [-0.05, 0) is 49.2 Å². The van der Waals surface area contributed by atoms with E-state index in [-0.39, 0.29) is 5.56 Å². The number of H-pyrrole nitrogens is 1. The van der Waals surface area contributed by atoms with Crippen molar-refractivity contribution in [2.45, 2.75) is 13.8 Å². The monoisotopic (exact) mass is 395 g/mol. The Balaban J connectivity index is 2.14. The van der Waals surface area contributed by atoms with Crippen LogP contribution >= 0.6 is 0 Å². The summed E-state index contributed by atoms with van der Waals surface area (Å²) in [6, 6.07) is 10.3. The Kier molecular flexibility index (Phi) is 5.54.